The average Bonchev–Trinajstić information content (AvgIpc) is 2.61. The molecule has 3 rings (SSSR count). The summed E-state index contributed by atoms with van der Waals surface area (Å²) < 4.78 is 37.0. The number of carbonyl (C=O) groups excluding carboxylic acids is 1. The number of ether oxygens (including phenoxy) is 1. The Bertz CT molecular complexity index is 681. The van der Waals surface area contributed by atoms with E-state index in [-0.39, 0.29) is 11.4 Å². The van der Waals surface area contributed by atoms with Gasteiger partial charge in [-0.3, -0.25) is 14.7 Å². The minimum Gasteiger partial charge on any atom is -0.475 e. The monoisotopic (exact) mass is 404 g/mol. The van der Waals surface area contributed by atoms with Crippen LogP contribution in [-0.2, 0) is 9.53 Å². The Labute approximate surface area is 160 Å². The van der Waals surface area contributed by atoms with Crippen molar-refractivity contribution in [3.8, 4) is 0 Å². The van der Waals surface area contributed by atoms with E-state index in [1.165, 1.54) is 12.6 Å². The van der Waals surface area contributed by atoms with Crippen molar-refractivity contribution < 1.29 is 32.6 Å². The lowest BCUT2D eigenvalue weighted by molar-refractivity contribution is -0.192. The molecule has 1 aromatic heterocycles. The van der Waals surface area contributed by atoms with Crippen molar-refractivity contribution in [3.05, 3.63) is 24.3 Å². The molecule has 3 heterocycles. The molecule has 0 aliphatic carbocycles. The number of hydrogen-bond acceptors (Lipinski definition) is 6. The second-order valence-electron chi connectivity index (χ2n) is 7.01. The molecule has 2 aliphatic heterocycles. The van der Waals surface area contributed by atoms with E-state index in [2.05, 4.69) is 21.9 Å². The van der Waals surface area contributed by atoms with Crippen molar-refractivity contribution >= 4 is 11.9 Å². The second kappa shape index (κ2) is 8.82. The molecule has 1 amide bonds. The number of methoxy groups -OCH3 is 1. The highest BCUT2D eigenvalue weighted by Crippen LogP contribution is 2.38. The number of carboxylic acids is 1. The van der Waals surface area contributed by atoms with Crippen LogP contribution < -0.4 is 0 Å². The zero-order valence-corrected chi connectivity index (χ0v) is 15.6. The maximum Gasteiger partial charge on any atom is 0.490 e. The fraction of sp³-hybridized carbons (Fsp3) is 0.647. The number of aliphatic carboxylic acids is 1. The molecule has 1 N–H and O–H groups in total. The molecular weight excluding hydrogens is 381 g/mol. The molecule has 11 heteroatoms. The summed E-state index contributed by atoms with van der Waals surface area (Å²) in [6.45, 7) is 3.44. The standard InChI is InChI=1S/C15H22N4O2.C2HF3O2/c1-18-6-3-12(9-21-2)7-15(18)10-19(11-15)14(20)13-8-16-4-5-17-13;3-2(4,5)1(6)7/h4-5,8,12H,3,6-7,9-11H2,1-2H3;(H,6,7). The third-order valence-electron chi connectivity index (χ3n) is 5.04. The van der Waals surface area contributed by atoms with Gasteiger partial charge in [-0.2, -0.15) is 13.2 Å². The fourth-order valence-corrected chi connectivity index (χ4v) is 3.54. The molecular formula is C17H23F3N4O4. The van der Waals surface area contributed by atoms with Crippen LogP contribution in [0.4, 0.5) is 13.2 Å². The first-order valence-electron chi connectivity index (χ1n) is 8.64. The molecule has 1 spiro atoms. The Morgan fingerprint density at radius 3 is 2.50 bits per heavy atom. The van der Waals surface area contributed by atoms with Crippen molar-refractivity contribution in [1.29, 1.82) is 0 Å². The summed E-state index contributed by atoms with van der Waals surface area (Å²) in [4.78, 5) is 33.6. The number of likely N-dealkylation sites (tertiary alicyclic amines) is 2. The highest BCUT2D eigenvalue weighted by molar-refractivity contribution is 5.92. The molecule has 2 aliphatic rings. The number of aromatic nitrogens is 2. The third kappa shape index (κ3) is 5.16. The van der Waals surface area contributed by atoms with E-state index >= 15 is 0 Å². The first kappa shape index (κ1) is 22.0. The van der Waals surface area contributed by atoms with Crippen LogP contribution in [0.25, 0.3) is 0 Å². The Hall–Kier alpha value is -2.27. The molecule has 0 saturated carbocycles. The molecule has 8 nitrogen and oxygen atoms in total. The van der Waals surface area contributed by atoms with Crippen LogP contribution in [-0.4, -0.2) is 88.9 Å². The maximum absolute atomic E-state index is 12.3. The van der Waals surface area contributed by atoms with Gasteiger partial charge < -0.3 is 14.7 Å². The first-order chi connectivity index (χ1) is 13.1. The number of hydrogen-bond donors (Lipinski definition) is 1. The minimum atomic E-state index is -5.08. The van der Waals surface area contributed by atoms with Gasteiger partial charge in [0.05, 0.1) is 11.7 Å². The van der Waals surface area contributed by atoms with E-state index < -0.39 is 12.1 Å². The SMILES string of the molecule is COCC1CCN(C)C2(C1)CN(C(=O)c1cnccn1)C2.O=C(O)C(F)(F)F. The topological polar surface area (TPSA) is 95.9 Å². The molecule has 1 aromatic rings. The van der Waals surface area contributed by atoms with E-state index in [1.807, 2.05) is 4.90 Å². The summed E-state index contributed by atoms with van der Waals surface area (Å²) in [7, 11) is 3.92. The lowest BCUT2D eigenvalue weighted by atomic mass is 9.75. The van der Waals surface area contributed by atoms with Crippen molar-refractivity contribution in [3.63, 3.8) is 0 Å². The predicted molar refractivity (Wildman–Crippen MR) is 91.6 cm³/mol. The summed E-state index contributed by atoms with van der Waals surface area (Å²) in [5.74, 6) is -2.18. The first-order valence-corrected chi connectivity index (χ1v) is 8.64. The Kier molecular flexibility index (Phi) is 6.94. The molecule has 0 aromatic carbocycles. The number of nitrogens with zero attached hydrogens (tertiary/aromatic N) is 4. The van der Waals surface area contributed by atoms with Crippen LogP contribution in [0.1, 0.15) is 23.3 Å². The highest BCUT2D eigenvalue weighted by Gasteiger charge is 2.51. The van der Waals surface area contributed by atoms with Crippen LogP contribution in [0, 0.1) is 5.92 Å². The molecule has 1 unspecified atom stereocenters. The number of carbonyl (C=O) groups is 2. The van der Waals surface area contributed by atoms with Crippen LogP contribution in [0.3, 0.4) is 0 Å². The van der Waals surface area contributed by atoms with Gasteiger partial charge in [-0.1, -0.05) is 0 Å². The lowest BCUT2D eigenvalue weighted by Crippen LogP contribution is -2.72. The molecule has 2 saturated heterocycles. The van der Waals surface area contributed by atoms with Gasteiger partial charge in [0, 0.05) is 39.2 Å². The summed E-state index contributed by atoms with van der Waals surface area (Å²) in [6.07, 6.45) is 1.86. The largest absolute Gasteiger partial charge is 0.490 e. The van der Waals surface area contributed by atoms with Gasteiger partial charge in [0.1, 0.15) is 5.69 Å². The number of likely N-dealkylation sites (N-methyl/N-ethyl adjacent to an activating group) is 1. The van der Waals surface area contributed by atoms with Crippen molar-refractivity contribution in [1.82, 2.24) is 19.8 Å². The molecule has 1 atom stereocenters. The maximum atomic E-state index is 12.3. The third-order valence-corrected chi connectivity index (χ3v) is 5.04. The van der Waals surface area contributed by atoms with Gasteiger partial charge in [-0.15, -0.1) is 0 Å². The Morgan fingerprint density at radius 1 is 1.36 bits per heavy atom. The Morgan fingerprint density at radius 2 is 2.00 bits per heavy atom. The second-order valence-corrected chi connectivity index (χ2v) is 7.01. The quantitative estimate of drug-likeness (QED) is 0.811. The number of rotatable bonds is 3. The number of halogens is 3. The summed E-state index contributed by atoms with van der Waals surface area (Å²) in [6, 6.07) is 0. The van der Waals surface area contributed by atoms with Gasteiger partial charge in [0.2, 0.25) is 0 Å². The summed E-state index contributed by atoms with van der Waals surface area (Å²) in [5, 5.41) is 7.12. The van der Waals surface area contributed by atoms with Gasteiger partial charge >= 0.3 is 12.1 Å². The van der Waals surface area contributed by atoms with Gasteiger partial charge in [0.25, 0.3) is 5.91 Å². The zero-order chi connectivity index (χ0) is 20.9. The van der Waals surface area contributed by atoms with Crippen molar-refractivity contribution in [2.75, 3.05) is 40.4 Å². The van der Waals surface area contributed by atoms with Crippen LogP contribution in [0.5, 0.6) is 0 Å². The van der Waals surface area contributed by atoms with E-state index in [1.54, 1.807) is 19.5 Å². The van der Waals surface area contributed by atoms with E-state index in [0.717, 1.165) is 32.7 Å². The number of carboxylic acid groups (broad SMARTS) is 1. The molecule has 2 fully saturated rings. The van der Waals surface area contributed by atoms with Crippen molar-refractivity contribution in [2.45, 2.75) is 24.6 Å². The van der Waals surface area contributed by atoms with Gasteiger partial charge in [-0.25, -0.2) is 9.78 Å². The fourth-order valence-electron chi connectivity index (χ4n) is 3.54. The highest BCUT2D eigenvalue weighted by atomic mass is 19.4. The average molecular weight is 404 g/mol. The number of piperidine rings is 1. The van der Waals surface area contributed by atoms with E-state index in [9.17, 15) is 18.0 Å². The van der Waals surface area contributed by atoms with Gasteiger partial charge in [-0.05, 0) is 32.4 Å². The Balaban J connectivity index is 0.000000345. The van der Waals surface area contributed by atoms with Crippen molar-refractivity contribution in [2.24, 2.45) is 5.92 Å². The predicted octanol–water partition coefficient (Wildman–Crippen LogP) is 1.29. The van der Waals surface area contributed by atoms with E-state index in [0.29, 0.717) is 11.6 Å². The molecule has 28 heavy (non-hydrogen) atoms. The minimum absolute atomic E-state index is 0.0176. The zero-order valence-electron chi connectivity index (χ0n) is 15.6. The van der Waals surface area contributed by atoms with Gasteiger partial charge in [0.15, 0.2) is 0 Å². The number of alkyl halides is 3. The molecule has 0 bridgehead atoms. The lowest BCUT2D eigenvalue weighted by Gasteiger charge is -2.58. The van der Waals surface area contributed by atoms with Crippen LogP contribution >= 0.6 is 0 Å². The van der Waals surface area contributed by atoms with Crippen LogP contribution in [0.2, 0.25) is 0 Å². The van der Waals surface area contributed by atoms with E-state index in [4.69, 9.17) is 14.6 Å². The smallest absolute Gasteiger partial charge is 0.475 e. The summed E-state index contributed by atoms with van der Waals surface area (Å²) in [5.41, 5.74) is 0.554. The normalized spacial score (nSPS) is 21.5. The van der Waals surface area contributed by atoms with Crippen LogP contribution in [0.15, 0.2) is 18.6 Å². The summed E-state index contributed by atoms with van der Waals surface area (Å²) >= 11 is 0. The molecule has 156 valence electrons. The molecule has 0 radical (unpaired) electrons. The number of amides is 1.